The third kappa shape index (κ3) is 8.01. The van der Waals surface area contributed by atoms with Gasteiger partial charge in [0.1, 0.15) is 17.1 Å². The molecule has 1 N–H and O–H groups in total. The summed E-state index contributed by atoms with van der Waals surface area (Å²) in [5.41, 5.74) is 1.12. The van der Waals surface area contributed by atoms with Crippen molar-refractivity contribution in [2.45, 2.75) is 6.92 Å². The van der Waals surface area contributed by atoms with Crippen molar-refractivity contribution in [3.8, 4) is 11.5 Å². The first-order valence-corrected chi connectivity index (χ1v) is 11.3. The van der Waals surface area contributed by atoms with Crippen LogP contribution in [0.1, 0.15) is 15.9 Å². The molecule has 0 aliphatic heterocycles. The number of hydrogen-bond acceptors (Lipinski definition) is 6. The molecular formula is C24H22Cl3N3O6. The number of nitrogens with one attached hydrogen (secondary N) is 1. The highest BCUT2D eigenvalue weighted by molar-refractivity contribution is 6.35. The van der Waals surface area contributed by atoms with Crippen molar-refractivity contribution in [1.29, 1.82) is 0 Å². The first-order chi connectivity index (χ1) is 16.9. The fraction of sp³-hybridized carbons (Fsp3) is 0.167. The smallest absolute Gasteiger partial charge is 0.345 e. The molecule has 0 saturated carbocycles. The summed E-state index contributed by atoms with van der Waals surface area (Å²) < 4.78 is 10.0. The van der Waals surface area contributed by atoms with Gasteiger partial charge in [0.05, 0.1) is 17.1 Å². The molecule has 9 nitrogen and oxygen atoms in total. The predicted molar refractivity (Wildman–Crippen MR) is 140 cm³/mol. The molecule has 0 radical (unpaired) electrons. The average Bonchev–Trinajstić information content (AvgIpc) is 2.82. The number of methoxy groups -OCH3 is 1. The number of benzene rings is 3. The molecule has 0 heterocycles. The Hall–Kier alpha value is -3.53. The van der Waals surface area contributed by atoms with Gasteiger partial charge in [0.25, 0.3) is 5.69 Å². The third-order valence-corrected chi connectivity index (χ3v) is 5.46. The quantitative estimate of drug-likeness (QED) is 0.202. The van der Waals surface area contributed by atoms with E-state index in [1.54, 1.807) is 32.3 Å². The van der Waals surface area contributed by atoms with Crippen LogP contribution in [0, 0.1) is 17.0 Å². The Balaban J connectivity index is 0.000000281. The summed E-state index contributed by atoms with van der Waals surface area (Å²) in [6.45, 7) is 1.92. The van der Waals surface area contributed by atoms with Gasteiger partial charge in [-0.05, 0) is 48.9 Å². The van der Waals surface area contributed by atoms with Crippen LogP contribution in [0.4, 0.5) is 16.2 Å². The lowest BCUT2D eigenvalue weighted by molar-refractivity contribution is -0.385. The molecule has 0 aliphatic carbocycles. The van der Waals surface area contributed by atoms with Crippen LogP contribution in [0.25, 0.3) is 0 Å². The average molecular weight is 555 g/mol. The minimum atomic E-state index is -0.834. The summed E-state index contributed by atoms with van der Waals surface area (Å²) in [4.78, 5) is 34.6. The van der Waals surface area contributed by atoms with Crippen LogP contribution in [0.2, 0.25) is 15.1 Å². The topological polar surface area (TPSA) is 111 Å². The number of rotatable bonds is 5. The molecule has 3 aromatic rings. The Labute approximate surface area is 222 Å². The molecule has 0 aliphatic rings. The standard InChI is InChI=1S/C14H9Cl2NO5.C10H13ClN2O/c1-21-14(18)10-7-9(3-4-12(10)17(19)20)22-13-5-2-8(15)6-11(13)16;1-7-4-5-8(6-9(7)11)12-10(14)13(2)3/h2-7H,1H3;4-6H,1-3H3,(H,12,14). The van der Waals surface area contributed by atoms with Gasteiger partial charge in [-0.3, -0.25) is 10.1 Å². The molecule has 2 amide bonds. The van der Waals surface area contributed by atoms with E-state index in [1.165, 1.54) is 23.1 Å². The van der Waals surface area contributed by atoms with E-state index in [0.717, 1.165) is 18.7 Å². The van der Waals surface area contributed by atoms with E-state index in [2.05, 4.69) is 10.1 Å². The van der Waals surface area contributed by atoms with E-state index in [9.17, 15) is 19.7 Å². The highest BCUT2D eigenvalue weighted by Gasteiger charge is 2.22. The molecule has 0 saturated heterocycles. The van der Waals surface area contributed by atoms with E-state index in [-0.39, 0.29) is 28.1 Å². The molecule has 0 spiro atoms. The summed E-state index contributed by atoms with van der Waals surface area (Å²) in [6, 6.07) is 13.6. The van der Waals surface area contributed by atoms with Crippen LogP contribution in [0.5, 0.6) is 11.5 Å². The maximum atomic E-state index is 11.6. The predicted octanol–water partition coefficient (Wildman–Crippen LogP) is 7.22. The zero-order valence-electron chi connectivity index (χ0n) is 19.7. The molecule has 36 heavy (non-hydrogen) atoms. The lowest BCUT2D eigenvalue weighted by Crippen LogP contribution is -2.27. The summed E-state index contributed by atoms with van der Waals surface area (Å²) >= 11 is 17.7. The number of nitrogens with zero attached hydrogens (tertiary/aromatic N) is 2. The number of nitro benzene ring substituents is 1. The van der Waals surface area contributed by atoms with Crippen molar-refractivity contribution >= 4 is 58.2 Å². The third-order valence-electron chi connectivity index (χ3n) is 4.52. The van der Waals surface area contributed by atoms with Crippen LogP contribution >= 0.6 is 34.8 Å². The Morgan fingerprint density at radius 3 is 2.22 bits per heavy atom. The lowest BCUT2D eigenvalue weighted by Gasteiger charge is -2.12. The minimum absolute atomic E-state index is 0.162. The van der Waals surface area contributed by atoms with Crippen molar-refractivity contribution in [2.24, 2.45) is 0 Å². The van der Waals surface area contributed by atoms with Crippen LogP contribution in [0.3, 0.4) is 0 Å². The van der Waals surface area contributed by atoms with E-state index >= 15 is 0 Å². The number of carbonyl (C=O) groups excluding carboxylic acids is 2. The normalized spacial score (nSPS) is 9.97. The van der Waals surface area contributed by atoms with Gasteiger partial charge in [-0.25, -0.2) is 9.59 Å². The number of amides is 2. The molecule has 0 fully saturated rings. The van der Waals surface area contributed by atoms with Gasteiger partial charge in [-0.2, -0.15) is 0 Å². The fourth-order valence-corrected chi connectivity index (χ4v) is 3.23. The summed E-state index contributed by atoms with van der Waals surface area (Å²) in [7, 11) is 4.51. The van der Waals surface area contributed by atoms with Gasteiger partial charge in [0, 0.05) is 42.0 Å². The van der Waals surface area contributed by atoms with Gasteiger partial charge in [0.2, 0.25) is 0 Å². The van der Waals surface area contributed by atoms with Gasteiger partial charge in [-0.1, -0.05) is 40.9 Å². The molecule has 3 aromatic carbocycles. The first kappa shape index (κ1) is 28.7. The second kappa shape index (κ2) is 13.0. The summed E-state index contributed by atoms with van der Waals surface area (Å²) in [5, 5.41) is 15.0. The number of halogens is 3. The second-order valence-corrected chi connectivity index (χ2v) is 8.64. The van der Waals surface area contributed by atoms with Crippen molar-refractivity contribution in [2.75, 3.05) is 26.5 Å². The van der Waals surface area contributed by atoms with Gasteiger partial charge in [0.15, 0.2) is 0 Å². The molecule has 0 atom stereocenters. The van der Waals surface area contributed by atoms with Gasteiger partial charge >= 0.3 is 12.0 Å². The van der Waals surface area contributed by atoms with Crippen molar-refractivity contribution in [1.82, 2.24) is 4.90 Å². The molecule has 0 unspecified atom stereocenters. The maximum absolute atomic E-state index is 11.6. The van der Waals surface area contributed by atoms with E-state index in [1.807, 2.05) is 19.1 Å². The second-order valence-electron chi connectivity index (χ2n) is 7.39. The highest BCUT2D eigenvalue weighted by atomic mass is 35.5. The SMILES string of the molecule is COC(=O)c1cc(Oc2ccc(Cl)cc2Cl)ccc1[N+](=O)[O-].Cc1ccc(NC(=O)N(C)C)cc1Cl. The van der Waals surface area contributed by atoms with E-state index in [0.29, 0.717) is 21.5 Å². The maximum Gasteiger partial charge on any atom is 0.345 e. The van der Waals surface area contributed by atoms with Crippen LogP contribution < -0.4 is 10.1 Å². The first-order valence-electron chi connectivity index (χ1n) is 10.2. The molecule has 3 rings (SSSR count). The lowest BCUT2D eigenvalue weighted by atomic mass is 10.1. The number of anilines is 1. The molecule has 190 valence electrons. The Kier molecular flexibility index (Phi) is 10.3. The molecule has 12 heteroatoms. The number of aryl methyl sites for hydroxylation is 1. The Morgan fingerprint density at radius 1 is 0.972 bits per heavy atom. The molecular weight excluding hydrogens is 533 g/mol. The number of esters is 1. The highest BCUT2D eigenvalue weighted by Crippen LogP contribution is 2.33. The number of urea groups is 1. The van der Waals surface area contributed by atoms with Crippen LogP contribution in [-0.4, -0.2) is 43.0 Å². The van der Waals surface area contributed by atoms with Gasteiger partial charge < -0.3 is 19.7 Å². The molecule has 0 aromatic heterocycles. The van der Waals surface area contributed by atoms with E-state index < -0.39 is 10.9 Å². The van der Waals surface area contributed by atoms with Gasteiger partial charge in [-0.15, -0.1) is 0 Å². The molecule has 0 bridgehead atoms. The van der Waals surface area contributed by atoms with Crippen molar-refractivity contribution in [3.05, 3.63) is 90.9 Å². The van der Waals surface area contributed by atoms with E-state index in [4.69, 9.17) is 39.5 Å². The Morgan fingerprint density at radius 2 is 1.67 bits per heavy atom. The fourth-order valence-electron chi connectivity index (χ4n) is 2.60. The monoisotopic (exact) mass is 553 g/mol. The van der Waals surface area contributed by atoms with Crippen molar-refractivity contribution < 1.29 is 24.0 Å². The number of carbonyl (C=O) groups is 2. The number of nitro groups is 1. The number of ether oxygens (including phenoxy) is 2. The Bertz CT molecular complexity index is 1280. The van der Waals surface area contributed by atoms with Crippen LogP contribution in [-0.2, 0) is 4.74 Å². The zero-order valence-corrected chi connectivity index (χ0v) is 21.9. The summed E-state index contributed by atoms with van der Waals surface area (Å²) in [5.74, 6) is -0.328. The minimum Gasteiger partial charge on any atom is -0.465 e. The number of hydrogen-bond donors (Lipinski definition) is 1. The zero-order chi connectivity index (χ0) is 27.0. The van der Waals surface area contributed by atoms with Crippen LogP contribution in [0.15, 0.2) is 54.6 Å². The van der Waals surface area contributed by atoms with Crippen molar-refractivity contribution in [3.63, 3.8) is 0 Å². The summed E-state index contributed by atoms with van der Waals surface area (Å²) in [6.07, 6.45) is 0. The largest absolute Gasteiger partial charge is 0.465 e.